The Kier molecular flexibility index (Phi) is 5.88. The van der Waals surface area contributed by atoms with Crippen LogP contribution in [0.2, 0.25) is 0 Å². The number of hydrogen-bond donors (Lipinski definition) is 1. The summed E-state index contributed by atoms with van der Waals surface area (Å²) in [6.45, 7) is 2.43. The minimum Gasteiger partial charge on any atom is -0.493 e. The number of aromatic nitrogens is 1. The van der Waals surface area contributed by atoms with Crippen molar-refractivity contribution in [3.63, 3.8) is 0 Å². The van der Waals surface area contributed by atoms with Crippen LogP contribution in [0.5, 0.6) is 17.2 Å². The average Bonchev–Trinajstić information content (AvgIpc) is 3.16. The van der Waals surface area contributed by atoms with Crippen molar-refractivity contribution in [3.8, 4) is 17.2 Å². The second-order valence-electron chi connectivity index (χ2n) is 5.97. The Morgan fingerprint density at radius 2 is 1.83 bits per heavy atom. The Morgan fingerprint density at radius 1 is 1.17 bits per heavy atom. The van der Waals surface area contributed by atoms with E-state index in [1.807, 2.05) is 6.92 Å². The molecule has 9 heteroatoms. The molecule has 1 N–H and O–H groups in total. The first-order chi connectivity index (χ1) is 13.9. The summed E-state index contributed by atoms with van der Waals surface area (Å²) in [5, 5.41) is 9.64. The molecule has 0 aliphatic rings. The standard InChI is InChI=1S/C20H20N2O6S/c1-5-22-10-14(20(24)25)17(23)13-8-12(29-19(13)22)9-21-11-6-15(26-2)18(28-4)16(7-11)27-3/h6-10H,5H2,1-4H3,(H,24,25). The molecule has 8 nitrogen and oxygen atoms in total. The molecular formula is C20H20N2O6S. The number of thiophene rings is 1. The van der Waals surface area contributed by atoms with Gasteiger partial charge in [0.05, 0.1) is 32.4 Å². The Labute approximate surface area is 170 Å². The highest BCUT2D eigenvalue weighted by molar-refractivity contribution is 7.20. The fraction of sp³-hybridized carbons (Fsp3) is 0.250. The first kappa shape index (κ1) is 20.4. The van der Waals surface area contributed by atoms with Gasteiger partial charge in [-0.1, -0.05) is 0 Å². The Hall–Kier alpha value is -3.33. The van der Waals surface area contributed by atoms with E-state index < -0.39 is 11.4 Å². The van der Waals surface area contributed by atoms with Crippen molar-refractivity contribution < 1.29 is 24.1 Å². The summed E-state index contributed by atoms with van der Waals surface area (Å²) in [6.07, 6.45) is 2.99. The van der Waals surface area contributed by atoms with Gasteiger partial charge in [0.15, 0.2) is 11.5 Å². The maximum Gasteiger partial charge on any atom is 0.341 e. The van der Waals surface area contributed by atoms with E-state index in [9.17, 15) is 14.7 Å². The predicted octanol–water partition coefficient (Wildman–Crippen LogP) is 3.56. The average molecular weight is 416 g/mol. The topological polar surface area (TPSA) is 99.4 Å². The van der Waals surface area contributed by atoms with Crippen molar-refractivity contribution >= 4 is 39.4 Å². The maximum atomic E-state index is 12.5. The number of aliphatic imine (C=N–C) groups is 1. The van der Waals surface area contributed by atoms with Crippen molar-refractivity contribution in [2.75, 3.05) is 21.3 Å². The lowest BCUT2D eigenvalue weighted by atomic mass is 10.2. The molecule has 0 aliphatic heterocycles. The normalized spacial score (nSPS) is 11.2. The van der Waals surface area contributed by atoms with Crippen LogP contribution in [0.4, 0.5) is 5.69 Å². The van der Waals surface area contributed by atoms with Gasteiger partial charge < -0.3 is 23.9 Å². The van der Waals surface area contributed by atoms with Gasteiger partial charge in [0.25, 0.3) is 0 Å². The highest BCUT2D eigenvalue weighted by Crippen LogP contribution is 2.40. The Bertz CT molecular complexity index is 1140. The summed E-state index contributed by atoms with van der Waals surface area (Å²) < 4.78 is 17.7. The van der Waals surface area contributed by atoms with Gasteiger partial charge in [-0.15, -0.1) is 11.3 Å². The van der Waals surface area contributed by atoms with Crippen LogP contribution in [-0.2, 0) is 6.54 Å². The molecule has 29 heavy (non-hydrogen) atoms. The van der Waals surface area contributed by atoms with Gasteiger partial charge in [0.1, 0.15) is 10.4 Å². The zero-order chi connectivity index (χ0) is 21.1. The summed E-state index contributed by atoms with van der Waals surface area (Å²) in [5.74, 6) is 0.189. The summed E-state index contributed by atoms with van der Waals surface area (Å²) in [6, 6.07) is 5.07. The highest BCUT2D eigenvalue weighted by atomic mass is 32.1. The van der Waals surface area contributed by atoms with Gasteiger partial charge in [-0.3, -0.25) is 9.79 Å². The number of aryl methyl sites for hydroxylation is 1. The van der Waals surface area contributed by atoms with E-state index >= 15 is 0 Å². The molecule has 0 saturated carbocycles. The predicted molar refractivity (Wildman–Crippen MR) is 112 cm³/mol. The van der Waals surface area contributed by atoms with Crippen LogP contribution in [-0.4, -0.2) is 43.2 Å². The fourth-order valence-corrected chi connectivity index (χ4v) is 3.99. The van der Waals surface area contributed by atoms with Gasteiger partial charge in [0.2, 0.25) is 11.2 Å². The molecule has 2 aromatic heterocycles. The van der Waals surface area contributed by atoms with Crippen molar-refractivity contribution in [2.24, 2.45) is 4.99 Å². The molecule has 0 radical (unpaired) electrons. The van der Waals surface area contributed by atoms with Crippen LogP contribution in [0.3, 0.4) is 0 Å². The van der Waals surface area contributed by atoms with Gasteiger partial charge in [-0.2, -0.15) is 0 Å². The molecule has 0 fully saturated rings. The van der Waals surface area contributed by atoms with Crippen molar-refractivity contribution in [1.82, 2.24) is 4.57 Å². The third-order valence-corrected chi connectivity index (χ3v) is 5.43. The van der Waals surface area contributed by atoms with E-state index in [4.69, 9.17) is 14.2 Å². The van der Waals surface area contributed by atoms with Crippen LogP contribution >= 0.6 is 11.3 Å². The van der Waals surface area contributed by atoms with E-state index in [0.29, 0.717) is 39.7 Å². The highest BCUT2D eigenvalue weighted by Gasteiger charge is 2.16. The van der Waals surface area contributed by atoms with Crippen LogP contribution in [0.15, 0.2) is 34.2 Å². The molecule has 0 amide bonds. The molecule has 0 saturated heterocycles. The van der Waals surface area contributed by atoms with E-state index in [2.05, 4.69) is 4.99 Å². The molecule has 0 bridgehead atoms. The summed E-state index contributed by atoms with van der Waals surface area (Å²) >= 11 is 1.36. The number of fused-ring (bicyclic) bond motifs is 1. The molecule has 0 spiro atoms. The largest absolute Gasteiger partial charge is 0.493 e. The lowest BCUT2D eigenvalue weighted by molar-refractivity contribution is 0.0695. The Balaban J connectivity index is 2.07. The first-order valence-electron chi connectivity index (χ1n) is 8.67. The number of ether oxygens (including phenoxy) is 3. The summed E-state index contributed by atoms with van der Waals surface area (Å²) in [5.41, 5.74) is -0.167. The van der Waals surface area contributed by atoms with Gasteiger partial charge in [-0.05, 0) is 13.0 Å². The number of nitrogens with zero attached hydrogens (tertiary/aromatic N) is 2. The van der Waals surface area contributed by atoms with E-state index in [1.54, 1.807) is 29.0 Å². The lowest BCUT2D eigenvalue weighted by Gasteiger charge is -2.12. The third-order valence-electron chi connectivity index (χ3n) is 4.33. The monoisotopic (exact) mass is 416 g/mol. The van der Waals surface area contributed by atoms with Crippen molar-refractivity contribution in [1.29, 1.82) is 0 Å². The number of methoxy groups -OCH3 is 3. The molecule has 152 valence electrons. The van der Waals surface area contributed by atoms with E-state index in [0.717, 1.165) is 4.88 Å². The molecule has 0 atom stereocenters. The summed E-state index contributed by atoms with van der Waals surface area (Å²) in [4.78, 5) is 29.7. The number of pyridine rings is 1. The molecule has 2 heterocycles. The van der Waals surface area contributed by atoms with Gasteiger partial charge in [0, 0.05) is 36.0 Å². The van der Waals surface area contributed by atoms with Crippen molar-refractivity contribution in [2.45, 2.75) is 13.5 Å². The molecule has 0 aliphatic carbocycles. The zero-order valence-corrected chi connectivity index (χ0v) is 17.2. The Morgan fingerprint density at radius 3 is 2.34 bits per heavy atom. The number of carboxylic acids is 1. The van der Waals surface area contributed by atoms with Crippen LogP contribution in [0.25, 0.3) is 10.2 Å². The second-order valence-corrected chi connectivity index (χ2v) is 7.03. The quantitative estimate of drug-likeness (QED) is 0.591. The van der Waals surface area contributed by atoms with E-state index in [1.165, 1.54) is 38.9 Å². The molecule has 3 rings (SSSR count). The minimum absolute atomic E-state index is 0.245. The van der Waals surface area contributed by atoms with Crippen LogP contribution < -0.4 is 19.6 Å². The van der Waals surface area contributed by atoms with Gasteiger partial charge >= 0.3 is 5.97 Å². The SMILES string of the molecule is CCn1cc(C(=O)O)c(=O)c2cc(C=Nc3cc(OC)c(OC)c(OC)c3)sc21. The maximum absolute atomic E-state index is 12.5. The number of rotatable bonds is 7. The third kappa shape index (κ3) is 3.81. The van der Waals surface area contributed by atoms with Gasteiger partial charge in [-0.25, -0.2) is 4.79 Å². The first-order valence-corrected chi connectivity index (χ1v) is 9.49. The van der Waals surface area contributed by atoms with Crippen molar-refractivity contribution in [3.05, 3.63) is 45.1 Å². The van der Waals surface area contributed by atoms with Crippen LogP contribution in [0, 0.1) is 0 Å². The lowest BCUT2D eigenvalue weighted by Crippen LogP contribution is -2.17. The molecule has 0 unspecified atom stereocenters. The minimum atomic E-state index is -1.24. The zero-order valence-electron chi connectivity index (χ0n) is 16.4. The van der Waals surface area contributed by atoms with E-state index in [-0.39, 0.29) is 5.56 Å². The second kappa shape index (κ2) is 8.36. The molecule has 3 aromatic rings. The number of benzene rings is 1. The number of hydrogen-bond acceptors (Lipinski definition) is 7. The number of carbonyl (C=O) groups is 1. The summed E-state index contributed by atoms with van der Waals surface area (Å²) in [7, 11) is 4.57. The molecular weight excluding hydrogens is 396 g/mol. The number of aromatic carboxylic acids is 1. The smallest absolute Gasteiger partial charge is 0.341 e. The fourth-order valence-electron chi connectivity index (χ4n) is 2.93. The molecule has 1 aromatic carbocycles. The van der Waals surface area contributed by atoms with Crippen LogP contribution in [0.1, 0.15) is 22.2 Å². The number of carboxylic acid groups (broad SMARTS) is 1.